The SMILES string of the molecule is COc1cccc(-c2noc(C3CC(=O)N(c4ccc(C(C)C)cc4)C3)n2)c1. The van der Waals surface area contributed by atoms with Gasteiger partial charge < -0.3 is 14.2 Å². The molecule has 1 aliphatic rings. The number of carbonyl (C=O) groups is 1. The smallest absolute Gasteiger partial charge is 0.232 e. The van der Waals surface area contributed by atoms with Crippen molar-refractivity contribution in [2.24, 2.45) is 0 Å². The Morgan fingerprint density at radius 1 is 1.18 bits per heavy atom. The second-order valence-electron chi connectivity index (χ2n) is 7.34. The fourth-order valence-corrected chi connectivity index (χ4v) is 3.44. The molecule has 6 nitrogen and oxygen atoms in total. The minimum absolute atomic E-state index is 0.0726. The van der Waals surface area contributed by atoms with Crippen molar-refractivity contribution in [2.75, 3.05) is 18.6 Å². The number of methoxy groups -OCH3 is 1. The minimum Gasteiger partial charge on any atom is -0.497 e. The van der Waals surface area contributed by atoms with Crippen molar-refractivity contribution in [3.05, 3.63) is 60.0 Å². The molecule has 1 saturated heterocycles. The highest BCUT2D eigenvalue weighted by molar-refractivity contribution is 5.96. The van der Waals surface area contributed by atoms with Crippen molar-refractivity contribution in [1.29, 1.82) is 0 Å². The number of hydrogen-bond donors (Lipinski definition) is 0. The van der Waals surface area contributed by atoms with Gasteiger partial charge in [-0.3, -0.25) is 4.79 Å². The van der Waals surface area contributed by atoms with Crippen molar-refractivity contribution >= 4 is 11.6 Å². The quantitative estimate of drug-likeness (QED) is 0.660. The van der Waals surface area contributed by atoms with Gasteiger partial charge in [0.15, 0.2) is 0 Å². The number of carbonyl (C=O) groups excluding carboxylic acids is 1. The summed E-state index contributed by atoms with van der Waals surface area (Å²) < 4.78 is 10.7. The third-order valence-electron chi connectivity index (χ3n) is 5.12. The summed E-state index contributed by atoms with van der Waals surface area (Å²) >= 11 is 0. The molecule has 0 aliphatic carbocycles. The summed E-state index contributed by atoms with van der Waals surface area (Å²) in [6, 6.07) is 15.7. The molecular weight excluding hydrogens is 354 g/mol. The highest BCUT2D eigenvalue weighted by atomic mass is 16.5. The van der Waals surface area contributed by atoms with Crippen LogP contribution in [0.1, 0.15) is 43.6 Å². The summed E-state index contributed by atoms with van der Waals surface area (Å²) in [5.74, 6) is 2.15. The molecule has 1 amide bonds. The van der Waals surface area contributed by atoms with E-state index >= 15 is 0 Å². The van der Waals surface area contributed by atoms with Gasteiger partial charge in [-0.1, -0.05) is 43.3 Å². The van der Waals surface area contributed by atoms with Crippen molar-refractivity contribution in [3.8, 4) is 17.1 Å². The Labute approximate surface area is 164 Å². The Kier molecular flexibility index (Phi) is 4.86. The van der Waals surface area contributed by atoms with E-state index in [-0.39, 0.29) is 11.8 Å². The van der Waals surface area contributed by atoms with Crippen molar-refractivity contribution < 1.29 is 14.1 Å². The number of aromatic nitrogens is 2. The van der Waals surface area contributed by atoms with Crippen LogP contribution < -0.4 is 9.64 Å². The lowest BCUT2D eigenvalue weighted by Gasteiger charge is -2.17. The summed E-state index contributed by atoms with van der Waals surface area (Å²) in [6.45, 7) is 4.85. The molecule has 28 heavy (non-hydrogen) atoms. The molecule has 1 aliphatic heterocycles. The highest BCUT2D eigenvalue weighted by Crippen LogP contribution is 2.33. The molecule has 2 aromatic carbocycles. The third-order valence-corrected chi connectivity index (χ3v) is 5.12. The summed E-state index contributed by atoms with van der Waals surface area (Å²) in [5.41, 5.74) is 2.98. The van der Waals surface area contributed by atoms with Gasteiger partial charge in [-0.25, -0.2) is 0 Å². The van der Waals surface area contributed by atoms with Crippen molar-refractivity contribution in [2.45, 2.75) is 32.1 Å². The first kappa shape index (κ1) is 18.2. The second kappa shape index (κ2) is 7.46. The molecular formula is C22H23N3O3. The van der Waals surface area contributed by atoms with Crippen molar-refractivity contribution in [1.82, 2.24) is 10.1 Å². The molecule has 1 aromatic heterocycles. The summed E-state index contributed by atoms with van der Waals surface area (Å²) in [6.07, 6.45) is 0.367. The summed E-state index contributed by atoms with van der Waals surface area (Å²) in [4.78, 5) is 18.9. The Bertz CT molecular complexity index is 979. The van der Waals surface area contributed by atoms with Crippen LogP contribution in [0.15, 0.2) is 53.1 Å². The maximum atomic E-state index is 12.6. The van der Waals surface area contributed by atoms with E-state index in [1.165, 1.54) is 5.56 Å². The normalized spacial score (nSPS) is 16.8. The van der Waals surface area contributed by atoms with E-state index in [0.717, 1.165) is 17.0 Å². The largest absolute Gasteiger partial charge is 0.497 e. The number of benzene rings is 2. The molecule has 0 saturated carbocycles. The van der Waals surface area contributed by atoms with Gasteiger partial charge in [0.2, 0.25) is 17.6 Å². The highest BCUT2D eigenvalue weighted by Gasteiger charge is 2.35. The molecule has 0 N–H and O–H groups in total. The molecule has 0 spiro atoms. The van der Waals surface area contributed by atoms with Gasteiger partial charge in [0.05, 0.1) is 13.0 Å². The third kappa shape index (κ3) is 3.50. The molecule has 1 fully saturated rings. The number of amides is 1. The average molecular weight is 377 g/mol. The van der Waals surface area contributed by atoms with Crippen LogP contribution in [0.5, 0.6) is 5.75 Å². The van der Waals surface area contributed by atoms with Crippen LogP contribution in [0.3, 0.4) is 0 Å². The molecule has 1 atom stereocenters. The van der Waals surface area contributed by atoms with Gasteiger partial charge in [-0.15, -0.1) is 0 Å². The van der Waals surface area contributed by atoms with Crippen LogP contribution in [-0.4, -0.2) is 29.7 Å². The van der Waals surface area contributed by atoms with Crippen LogP contribution >= 0.6 is 0 Å². The van der Waals surface area contributed by atoms with E-state index in [4.69, 9.17) is 9.26 Å². The lowest BCUT2D eigenvalue weighted by molar-refractivity contribution is -0.117. The van der Waals surface area contributed by atoms with E-state index in [2.05, 4.69) is 36.1 Å². The van der Waals surface area contributed by atoms with Crippen LogP contribution in [0.25, 0.3) is 11.4 Å². The first-order chi connectivity index (χ1) is 13.5. The molecule has 6 heteroatoms. The van der Waals surface area contributed by atoms with Crippen LogP contribution in [0.4, 0.5) is 5.69 Å². The topological polar surface area (TPSA) is 68.5 Å². The molecule has 3 aromatic rings. The number of anilines is 1. The molecule has 2 heterocycles. The lowest BCUT2D eigenvalue weighted by atomic mass is 10.0. The molecule has 0 radical (unpaired) electrons. The fraction of sp³-hybridized carbons (Fsp3) is 0.318. The van der Waals surface area contributed by atoms with Gasteiger partial charge in [0.25, 0.3) is 0 Å². The number of ether oxygens (including phenoxy) is 1. The molecule has 4 rings (SSSR count). The zero-order chi connectivity index (χ0) is 19.7. The zero-order valence-corrected chi connectivity index (χ0v) is 16.3. The fourth-order valence-electron chi connectivity index (χ4n) is 3.44. The standard InChI is InChI=1S/C22H23N3O3/c1-14(2)15-7-9-18(10-8-15)25-13-17(12-20(25)26)22-23-21(24-28-22)16-5-4-6-19(11-16)27-3/h4-11,14,17H,12-13H2,1-3H3. The number of nitrogens with zero attached hydrogens (tertiary/aromatic N) is 3. The van der Waals surface area contributed by atoms with E-state index in [0.29, 0.717) is 30.6 Å². The zero-order valence-electron chi connectivity index (χ0n) is 16.3. The second-order valence-corrected chi connectivity index (χ2v) is 7.34. The predicted octanol–water partition coefficient (Wildman–Crippen LogP) is 4.39. The summed E-state index contributed by atoms with van der Waals surface area (Å²) in [7, 11) is 1.62. The van der Waals surface area contributed by atoms with E-state index in [1.807, 2.05) is 36.4 Å². The first-order valence-corrected chi connectivity index (χ1v) is 9.43. The predicted molar refractivity (Wildman–Crippen MR) is 107 cm³/mol. The monoisotopic (exact) mass is 377 g/mol. The number of rotatable bonds is 5. The maximum Gasteiger partial charge on any atom is 0.232 e. The Balaban J connectivity index is 1.52. The van der Waals surface area contributed by atoms with Gasteiger partial charge in [0.1, 0.15) is 5.75 Å². The van der Waals surface area contributed by atoms with Gasteiger partial charge in [-0.2, -0.15) is 4.98 Å². The minimum atomic E-state index is -0.107. The van der Waals surface area contributed by atoms with Crippen molar-refractivity contribution in [3.63, 3.8) is 0 Å². The Hall–Kier alpha value is -3.15. The van der Waals surface area contributed by atoms with Crippen LogP contribution in [0.2, 0.25) is 0 Å². The summed E-state index contributed by atoms with van der Waals surface area (Å²) in [5, 5.41) is 4.09. The van der Waals surface area contributed by atoms with E-state index in [9.17, 15) is 4.79 Å². The first-order valence-electron chi connectivity index (χ1n) is 9.43. The maximum absolute atomic E-state index is 12.6. The Morgan fingerprint density at radius 3 is 2.68 bits per heavy atom. The van der Waals surface area contributed by atoms with Gasteiger partial charge in [-0.05, 0) is 35.7 Å². The average Bonchev–Trinajstić information content (AvgIpc) is 3.35. The Morgan fingerprint density at radius 2 is 1.96 bits per heavy atom. The number of hydrogen-bond acceptors (Lipinski definition) is 5. The van der Waals surface area contributed by atoms with Crippen LogP contribution in [0, 0.1) is 0 Å². The lowest BCUT2D eigenvalue weighted by Crippen LogP contribution is -2.24. The van der Waals surface area contributed by atoms with Gasteiger partial charge >= 0.3 is 0 Å². The van der Waals surface area contributed by atoms with Gasteiger partial charge in [0, 0.05) is 24.2 Å². The van der Waals surface area contributed by atoms with Crippen LogP contribution in [-0.2, 0) is 4.79 Å². The van der Waals surface area contributed by atoms with E-state index < -0.39 is 0 Å². The molecule has 1 unspecified atom stereocenters. The molecule has 144 valence electrons. The molecule has 0 bridgehead atoms. The van der Waals surface area contributed by atoms with E-state index in [1.54, 1.807) is 12.0 Å².